The molecule has 0 aliphatic carbocycles. The Morgan fingerprint density at radius 1 is 1.04 bits per heavy atom. The number of likely N-dealkylation sites (N-methyl/N-ethyl adjacent to an activating group) is 1. The van der Waals surface area contributed by atoms with Crippen molar-refractivity contribution < 1.29 is 0 Å². The van der Waals surface area contributed by atoms with Gasteiger partial charge in [-0.2, -0.15) is 0 Å². The monoisotopic (exact) mass is 346 g/mol. The van der Waals surface area contributed by atoms with Gasteiger partial charge in [-0.3, -0.25) is 4.98 Å². The molecule has 3 heterocycles. The molecule has 0 unspecified atom stereocenters. The van der Waals surface area contributed by atoms with Gasteiger partial charge in [-0.1, -0.05) is 12.1 Å². The van der Waals surface area contributed by atoms with Gasteiger partial charge in [0.05, 0.1) is 0 Å². The zero-order valence-electron chi connectivity index (χ0n) is 15.7. The molecule has 1 aliphatic heterocycles. The number of hydrogen-bond donors (Lipinski definition) is 0. The summed E-state index contributed by atoms with van der Waals surface area (Å²) >= 11 is 0. The number of fused-ring (bicyclic) bond motifs is 1. The van der Waals surface area contributed by atoms with Gasteiger partial charge in [0.2, 0.25) is 0 Å². The van der Waals surface area contributed by atoms with Gasteiger partial charge in [0.1, 0.15) is 5.82 Å². The highest BCUT2D eigenvalue weighted by atomic mass is 15.2. The van der Waals surface area contributed by atoms with Gasteiger partial charge in [-0.25, -0.2) is 4.98 Å². The maximum Gasteiger partial charge on any atom is 0.136 e. The van der Waals surface area contributed by atoms with Crippen LogP contribution in [0.2, 0.25) is 0 Å². The number of hydrogen-bond acceptors (Lipinski definition) is 4. The number of aryl methyl sites for hydroxylation is 1. The van der Waals surface area contributed by atoms with Crippen molar-refractivity contribution >= 4 is 22.3 Å². The van der Waals surface area contributed by atoms with Crippen LogP contribution in [0.25, 0.3) is 10.8 Å². The van der Waals surface area contributed by atoms with Gasteiger partial charge in [-0.15, -0.1) is 0 Å². The second kappa shape index (κ2) is 7.32. The Hall–Kier alpha value is -2.62. The molecule has 0 atom stereocenters. The van der Waals surface area contributed by atoms with Crippen molar-refractivity contribution in [2.75, 3.05) is 36.5 Å². The molecular weight excluding hydrogens is 320 g/mol. The molecule has 0 saturated carbocycles. The van der Waals surface area contributed by atoms with Gasteiger partial charge in [0.25, 0.3) is 0 Å². The molecule has 0 N–H and O–H groups in total. The first kappa shape index (κ1) is 16.8. The van der Waals surface area contributed by atoms with E-state index in [-0.39, 0.29) is 0 Å². The maximum absolute atomic E-state index is 4.88. The first-order chi connectivity index (χ1) is 12.7. The zero-order valence-corrected chi connectivity index (χ0v) is 15.7. The van der Waals surface area contributed by atoms with Crippen LogP contribution in [0.3, 0.4) is 0 Å². The summed E-state index contributed by atoms with van der Waals surface area (Å²) in [5.41, 5.74) is 3.69. The molecule has 134 valence electrons. The minimum atomic E-state index is 0.976. The number of pyridine rings is 2. The predicted octanol–water partition coefficient (Wildman–Crippen LogP) is 4.22. The van der Waals surface area contributed by atoms with E-state index in [1.165, 1.54) is 34.9 Å². The van der Waals surface area contributed by atoms with Crippen molar-refractivity contribution in [3.63, 3.8) is 0 Å². The minimum absolute atomic E-state index is 0.976. The molecule has 0 radical (unpaired) electrons. The van der Waals surface area contributed by atoms with Crippen molar-refractivity contribution in [1.29, 1.82) is 0 Å². The molecule has 3 aromatic rings. The molecule has 1 aromatic carbocycles. The number of benzene rings is 1. The average molecular weight is 346 g/mol. The first-order valence-corrected chi connectivity index (χ1v) is 9.48. The predicted molar refractivity (Wildman–Crippen MR) is 109 cm³/mol. The zero-order chi connectivity index (χ0) is 17.9. The van der Waals surface area contributed by atoms with Crippen molar-refractivity contribution in [2.24, 2.45) is 0 Å². The van der Waals surface area contributed by atoms with Crippen molar-refractivity contribution in [1.82, 2.24) is 9.97 Å². The lowest BCUT2D eigenvalue weighted by Gasteiger charge is -2.24. The van der Waals surface area contributed by atoms with Crippen molar-refractivity contribution in [3.05, 3.63) is 60.0 Å². The third kappa shape index (κ3) is 3.36. The lowest BCUT2D eigenvalue weighted by atomic mass is 10.1. The van der Waals surface area contributed by atoms with E-state index in [2.05, 4.69) is 65.2 Å². The lowest BCUT2D eigenvalue weighted by molar-refractivity contribution is 0.877. The van der Waals surface area contributed by atoms with Crippen LogP contribution in [-0.4, -0.2) is 36.6 Å². The molecule has 0 amide bonds. The molecule has 1 saturated heterocycles. The Bertz CT molecular complexity index is 885. The Kier molecular flexibility index (Phi) is 4.74. The van der Waals surface area contributed by atoms with E-state index in [0.717, 1.165) is 37.6 Å². The van der Waals surface area contributed by atoms with Crippen molar-refractivity contribution in [2.45, 2.75) is 26.2 Å². The third-order valence-corrected chi connectivity index (χ3v) is 5.26. The van der Waals surface area contributed by atoms with Gasteiger partial charge in [-0.05, 0) is 56.0 Å². The molecule has 0 bridgehead atoms. The highest BCUT2D eigenvalue weighted by molar-refractivity contribution is 6.00. The molecule has 26 heavy (non-hydrogen) atoms. The van der Waals surface area contributed by atoms with Crippen LogP contribution in [0, 0.1) is 6.92 Å². The van der Waals surface area contributed by atoms with Crippen LogP contribution in [0.4, 0.5) is 11.5 Å². The largest absolute Gasteiger partial charge is 0.374 e. The van der Waals surface area contributed by atoms with Gasteiger partial charge in [0.15, 0.2) is 0 Å². The molecule has 2 aromatic heterocycles. The molecule has 0 spiro atoms. The van der Waals surface area contributed by atoms with Gasteiger partial charge in [0, 0.05) is 61.2 Å². The topological polar surface area (TPSA) is 32.3 Å². The minimum Gasteiger partial charge on any atom is -0.374 e. The molecule has 4 nitrogen and oxygen atoms in total. The molecular formula is C22H26N4. The van der Waals surface area contributed by atoms with Crippen LogP contribution in [0.15, 0.2) is 48.8 Å². The van der Waals surface area contributed by atoms with Gasteiger partial charge < -0.3 is 9.80 Å². The van der Waals surface area contributed by atoms with E-state index in [4.69, 9.17) is 4.98 Å². The Balaban J connectivity index is 1.66. The standard InChI is InChI=1S/C22H26N4/c1-17-16-20-19(22(24-17)26-13-3-4-14-26)6-5-7-21(20)25(2)15-10-18-8-11-23-12-9-18/h5-9,11-12,16H,3-4,10,13-15H2,1-2H3. The SMILES string of the molecule is Cc1cc2c(N(C)CCc3ccncc3)cccc2c(N2CCCC2)n1. The fraction of sp³-hybridized carbons (Fsp3) is 0.364. The first-order valence-electron chi connectivity index (χ1n) is 9.48. The lowest BCUT2D eigenvalue weighted by Crippen LogP contribution is -2.22. The second-order valence-corrected chi connectivity index (χ2v) is 7.18. The number of anilines is 2. The highest BCUT2D eigenvalue weighted by Crippen LogP contribution is 2.33. The molecule has 1 aliphatic rings. The smallest absolute Gasteiger partial charge is 0.136 e. The Morgan fingerprint density at radius 2 is 1.81 bits per heavy atom. The fourth-order valence-corrected chi connectivity index (χ4v) is 3.84. The average Bonchev–Trinajstić information content (AvgIpc) is 3.20. The summed E-state index contributed by atoms with van der Waals surface area (Å²) in [6, 6.07) is 13.0. The summed E-state index contributed by atoms with van der Waals surface area (Å²) < 4.78 is 0. The highest BCUT2D eigenvalue weighted by Gasteiger charge is 2.18. The summed E-state index contributed by atoms with van der Waals surface area (Å²) in [6.45, 7) is 5.32. The van der Waals surface area contributed by atoms with Crippen LogP contribution >= 0.6 is 0 Å². The summed E-state index contributed by atoms with van der Waals surface area (Å²) in [7, 11) is 2.18. The molecule has 4 heteroatoms. The number of rotatable bonds is 5. The van der Waals surface area contributed by atoms with E-state index >= 15 is 0 Å². The second-order valence-electron chi connectivity index (χ2n) is 7.18. The summed E-state index contributed by atoms with van der Waals surface area (Å²) in [6.07, 6.45) is 7.28. The maximum atomic E-state index is 4.88. The van der Waals surface area contributed by atoms with E-state index in [9.17, 15) is 0 Å². The van der Waals surface area contributed by atoms with Crippen LogP contribution in [0.1, 0.15) is 24.1 Å². The summed E-state index contributed by atoms with van der Waals surface area (Å²) in [5.74, 6) is 1.15. The normalized spacial score (nSPS) is 14.2. The fourth-order valence-electron chi connectivity index (χ4n) is 3.84. The van der Waals surface area contributed by atoms with E-state index < -0.39 is 0 Å². The van der Waals surface area contributed by atoms with Crippen LogP contribution < -0.4 is 9.80 Å². The Morgan fingerprint density at radius 3 is 2.58 bits per heavy atom. The van der Waals surface area contributed by atoms with E-state index in [1.54, 1.807) is 0 Å². The number of aromatic nitrogens is 2. The molecule has 1 fully saturated rings. The van der Waals surface area contributed by atoms with Gasteiger partial charge >= 0.3 is 0 Å². The van der Waals surface area contributed by atoms with Crippen LogP contribution in [-0.2, 0) is 6.42 Å². The summed E-state index contributed by atoms with van der Waals surface area (Å²) in [4.78, 5) is 13.8. The Labute approximate surface area is 155 Å². The van der Waals surface area contributed by atoms with Crippen LogP contribution in [0.5, 0.6) is 0 Å². The van der Waals surface area contributed by atoms with E-state index in [0.29, 0.717) is 0 Å². The molecule has 4 rings (SSSR count). The summed E-state index contributed by atoms with van der Waals surface area (Å²) in [5, 5.41) is 2.57. The number of nitrogens with zero attached hydrogens (tertiary/aromatic N) is 4. The van der Waals surface area contributed by atoms with E-state index in [1.807, 2.05) is 12.4 Å². The third-order valence-electron chi connectivity index (χ3n) is 5.26. The van der Waals surface area contributed by atoms with Crippen molar-refractivity contribution in [3.8, 4) is 0 Å². The quantitative estimate of drug-likeness (QED) is 0.692.